The Kier molecular flexibility index (Phi) is 3.30. The van der Waals surface area contributed by atoms with E-state index in [1.54, 1.807) is 0 Å². The van der Waals surface area contributed by atoms with Gasteiger partial charge in [-0.15, -0.1) is 0 Å². The van der Waals surface area contributed by atoms with Gasteiger partial charge in [0.05, 0.1) is 11.6 Å². The van der Waals surface area contributed by atoms with Crippen LogP contribution in [0.5, 0.6) is 5.75 Å². The monoisotopic (exact) mass is 248 g/mol. The average Bonchev–Trinajstić information content (AvgIpc) is 2.09. The number of methoxy groups -OCH3 is 1. The van der Waals surface area contributed by atoms with Crippen molar-refractivity contribution in [1.29, 1.82) is 0 Å². The second-order valence-electron chi connectivity index (χ2n) is 2.39. The van der Waals surface area contributed by atoms with Crippen LogP contribution in [-0.2, 0) is 0 Å². The number of hydrogen-bond donors (Lipinski definition) is 2. The second-order valence-corrected chi connectivity index (χ2v) is 3.18. The Morgan fingerprint density at radius 3 is 2.54 bits per heavy atom. The van der Waals surface area contributed by atoms with Crippen LogP contribution in [0.4, 0.5) is 4.39 Å². The molecule has 1 aromatic carbocycles. The lowest BCUT2D eigenvalue weighted by molar-refractivity contribution is 0.408. The minimum Gasteiger partial charge on any atom is -0.497 e. The molecule has 0 aliphatic carbocycles. The van der Waals surface area contributed by atoms with Crippen LogP contribution in [0.25, 0.3) is 0 Å². The van der Waals surface area contributed by atoms with E-state index in [-0.39, 0.29) is 15.7 Å². The smallest absolute Gasteiger partial charge is 0.489 e. The van der Waals surface area contributed by atoms with Gasteiger partial charge in [-0.05, 0) is 22.0 Å². The summed E-state index contributed by atoms with van der Waals surface area (Å²) in [7, 11) is -0.352. The third-order valence-electron chi connectivity index (χ3n) is 1.54. The minimum atomic E-state index is -1.72. The molecule has 0 bridgehead atoms. The fourth-order valence-corrected chi connectivity index (χ4v) is 1.32. The molecule has 0 amide bonds. The van der Waals surface area contributed by atoms with Crippen LogP contribution < -0.4 is 10.2 Å². The maximum absolute atomic E-state index is 13.0. The van der Waals surface area contributed by atoms with Crippen molar-refractivity contribution in [3.8, 4) is 5.75 Å². The van der Waals surface area contributed by atoms with E-state index < -0.39 is 12.9 Å². The molecule has 0 radical (unpaired) electrons. The van der Waals surface area contributed by atoms with Gasteiger partial charge in [-0.2, -0.15) is 0 Å². The molecule has 3 nitrogen and oxygen atoms in total. The predicted octanol–water partition coefficient (Wildman–Crippen LogP) is 0.277. The van der Waals surface area contributed by atoms with Gasteiger partial charge in [0, 0.05) is 11.5 Å². The molecule has 0 heterocycles. The van der Waals surface area contributed by atoms with E-state index >= 15 is 0 Å². The number of ether oxygens (including phenoxy) is 1. The molecule has 0 aliphatic rings. The molecule has 0 saturated heterocycles. The summed E-state index contributed by atoms with van der Waals surface area (Å²) < 4.78 is 17.8. The highest BCUT2D eigenvalue weighted by molar-refractivity contribution is 9.10. The zero-order valence-electron chi connectivity index (χ0n) is 6.79. The second kappa shape index (κ2) is 4.08. The Morgan fingerprint density at radius 1 is 1.46 bits per heavy atom. The van der Waals surface area contributed by atoms with E-state index in [4.69, 9.17) is 14.8 Å². The van der Waals surface area contributed by atoms with E-state index in [0.29, 0.717) is 0 Å². The summed E-state index contributed by atoms with van der Waals surface area (Å²) in [5.74, 6) is -0.355. The van der Waals surface area contributed by atoms with E-state index in [1.165, 1.54) is 13.2 Å². The van der Waals surface area contributed by atoms with Gasteiger partial charge >= 0.3 is 7.12 Å². The molecule has 1 aromatic rings. The summed E-state index contributed by atoms with van der Waals surface area (Å²) in [6.45, 7) is 0. The molecule has 0 aromatic heterocycles. The quantitative estimate of drug-likeness (QED) is 0.740. The minimum absolute atomic E-state index is 0.0308. The van der Waals surface area contributed by atoms with E-state index in [9.17, 15) is 4.39 Å². The highest BCUT2D eigenvalue weighted by Crippen LogP contribution is 2.19. The fraction of sp³-hybridized carbons (Fsp3) is 0.143. The Balaban J connectivity index is 3.25. The maximum Gasteiger partial charge on any atom is 0.489 e. The Hall–Kier alpha value is -0.585. The SMILES string of the molecule is COc1cc(F)c(Br)c(B(O)O)c1. The molecule has 0 saturated carbocycles. The van der Waals surface area contributed by atoms with Crippen molar-refractivity contribution in [1.82, 2.24) is 0 Å². The van der Waals surface area contributed by atoms with Gasteiger partial charge in [0.25, 0.3) is 0 Å². The lowest BCUT2D eigenvalue weighted by atomic mass is 9.80. The van der Waals surface area contributed by atoms with E-state index in [2.05, 4.69) is 15.9 Å². The van der Waals surface area contributed by atoms with Crippen molar-refractivity contribution in [3.63, 3.8) is 0 Å². The van der Waals surface area contributed by atoms with Crippen LogP contribution in [-0.4, -0.2) is 24.3 Å². The van der Waals surface area contributed by atoms with E-state index in [0.717, 1.165) is 6.07 Å². The summed E-state index contributed by atoms with van der Waals surface area (Å²) in [6.07, 6.45) is 0. The topological polar surface area (TPSA) is 49.7 Å². The van der Waals surface area contributed by atoms with Gasteiger partial charge < -0.3 is 14.8 Å². The first-order chi connectivity index (χ1) is 6.06. The van der Waals surface area contributed by atoms with Crippen LogP contribution in [0, 0.1) is 5.82 Å². The third kappa shape index (κ3) is 2.21. The van der Waals surface area contributed by atoms with Crippen LogP contribution in [0.1, 0.15) is 0 Å². The lowest BCUT2D eigenvalue weighted by Crippen LogP contribution is -2.31. The normalized spacial score (nSPS) is 9.92. The number of hydrogen-bond acceptors (Lipinski definition) is 3. The van der Waals surface area contributed by atoms with Crippen molar-refractivity contribution in [3.05, 3.63) is 22.4 Å². The number of halogens is 2. The summed E-state index contributed by atoms with van der Waals surface area (Å²) in [5.41, 5.74) is 0.0388. The molecule has 2 N–H and O–H groups in total. The fourth-order valence-electron chi connectivity index (χ4n) is 0.890. The van der Waals surface area contributed by atoms with Crippen molar-refractivity contribution in [2.75, 3.05) is 7.11 Å². The van der Waals surface area contributed by atoms with Gasteiger partial charge in [-0.25, -0.2) is 4.39 Å². The molecule has 0 spiro atoms. The summed E-state index contributed by atoms with van der Waals surface area (Å²) >= 11 is 2.89. The predicted molar refractivity (Wildman–Crippen MR) is 50.5 cm³/mol. The Labute approximate surface area is 83.4 Å². The summed E-state index contributed by atoms with van der Waals surface area (Å²) in [5, 5.41) is 17.7. The van der Waals surface area contributed by atoms with Gasteiger partial charge in [-0.3, -0.25) is 0 Å². The van der Waals surface area contributed by atoms with Gasteiger partial charge in [0.1, 0.15) is 11.6 Å². The molecule has 0 atom stereocenters. The first-order valence-electron chi connectivity index (χ1n) is 3.45. The first-order valence-corrected chi connectivity index (χ1v) is 4.24. The van der Waals surface area contributed by atoms with Gasteiger partial charge in [-0.1, -0.05) is 0 Å². The average molecular weight is 249 g/mol. The Bertz CT molecular complexity index is 319. The lowest BCUT2D eigenvalue weighted by Gasteiger charge is -2.07. The first kappa shape index (κ1) is 10.5. The molecule has 0 unspecified atom stereocenters. The van der Waals surface area contributed by atoms with Gasteiger partial charge in [0.15, 0.2) is 0 Å². The largest absolute Gasteiger partial charge is 0.497 e. The molecular formula is C7H7BBrFO3. The molecule has 0 fully saturated rings. The van der Waals surface area contributed by atoms with Gasteiger partial charge in [0.2, 0.25) is 0 Å². The van der Waals surface area contributed by atoms with Crippen molar-refractivity contribution < 1.29 is 19.2 Å². The molecule has 13 heavy (non-hydrogen) atoms. The van der Waals surface area contributed by atoms with Crippen LogP contribution in [0.15, 0.2) is 16.6 Å². The molecule has 1 rings (SSSR count). The molecular weight excluding hydrogens is 242 g/mol. The van der Waals surface area contributed by atoms with Crippen molar-refractivity contribution in [2.45, 2.75) is 0 Å². The van der Waals surface area contributed by atoms with Crippen LogP contribution in [0.2, 0.25) is 0 Å². The number of benzene rings is 1. The maximum atomic E-state index is 13.0. The highest BCUT2D eigenvalue weighted by Gasteiger charge is 2.19. The summed E-state index contributed by atoms with van der Waals surface area (Å²) in [4.78, 5) is 0. The standard InChI is InChI=1S/C7H7BBrFO3/c1-13-4-2-5(8(11)12)7(9)6(10)3-4/h2-3,11-12H,1H3. The number of rotatable bonds is 2. The van der Waals surface area contributed by atoms with Crippen molar-refractivity contribution in [2.24, 2.45) is 0 Å². The van der Waals surface area contributed by atoms with E-state index in [1.807, 2.05) is 0 Å². The zero-order chi connectivity index (χ0) is 10.0. The third-order valence-corrected chi connectivity index (χ3v) is 2.38. The summed E-state index contributed by atoms with van der Waals surface area (Å²) in [6, 6.07) is 2.49. The molecule has 70 valence electrons. The highest BCUT2D eigenvalue weighted by atomic mass is 79.9. The molecule has 6 heteroatoms. The molecule has 0 aliphatic heterocycles. The van der Waals surface area contributed by atoms with Crippen molar-refractivity contribution >= 4 is 28.5 Å². The Morgan fingerprint density at radius 2 is 2.08 bits per heavy atom. The van der Waals surface area contributed by atoms with Crippen LogP contribution in [0.3, 0.4) is 0 Å². The van der Waals surface area contributed by atoms with Crippen LogP contribution >= 0.6 is 15.9 Å². The zero-order valence-corrected chi connectivity index (χ0v) is 8.38.